The number of rotatable bonds is 3. The van der Waals surface area contributed by atoms with Gasteiger partial charge in [-0.25, -0.2) is 8.78 Å². The largest absolute Gasteiger partial charge is 0.338 e. The number of halogens is 2. The number of carbonyl (C=O) groups excluding carboxylic acids is 1. The van der Waals surface area contributed by atoms with Crippen LogP contribution in [-0.2, 0) is 24.2 Å². The molecule has 1 amide bonds. The molecule has 0 saturated carbocycles. The second kappa shape index (κ2) is 7.43. The molecule has 0 aliphatic carbocycles. The van der Waals surface area contributed by atoms with Crippen molar-refractivity contribution in [3.63, 3.8) is 0 Å². The van der Waals surface area contributed by atoms with E-state index in [9.17, 15) is 13.6 Å². The number of hydrogen-bond donors (Lipinski definition) is 0. The van der Waals surface area contributed by atoms with Gasteiger partial charge in [0.1, 0.15) is 0 Å². The Morgan fingerprint density at radius 3 is 2.59 bits per heavy atom. The Labute approximate surface area is 170 Å². The summed E-state index contributed by atoms with van der Waals surface area (Å²) < 4.78 is 29.2. The number of benzene rings is 1. The minimum atomic E-state index is -2.50. The van der Waals surface area contributed by atoms with Crippen LogP contribution >= 0.6 is 0 Å². The molecule has 0 saturated heterocycles. The molecule has 0 atom stereocenters. The number of aryl methyl sites for hydroxylation is 2. The van der Waals surface area contributed by atoms with Crippen LogP contribution < -0.4 is 4.90 Å². The molecule has 7 heteroatoms. The maximum atomic E-state index is 13.6. The topological polar surface area (TPSA) is 41.4 Å². The van der Waals surface area contributed by atoms with E-state index in [1.54, 1.807) is 19.9 Å². The van der Waals surface area contributed by atoms with E-state index in [2.05, 4.69) is 18.7 Å². The summed E-state index contributed by atoms with van der Waals surface area (Å²) >= 11 is 0. The highest BCUT2D eigenvalue weighted by Gasteiger charge is 2.32. The lowest BCUT2D eigenvalue weighted by atomic mass is 9.95. The molecule has 5 nitrogen and oxygen atoms in total. The standard InChI is InChI=1S/C22H28F2N4O/c1-13(2)28-19-7-9-26(15(4)29)12-18(19)22(25-28)27-8-5-6-16-10-14(3)17(21(23)24)11-20(16)27/h10-11,13,21H,5-9,12H2,1-4H3. The van der Waals surface area contributed by atoms with E-state index < -0.39 is 6.43 Å². The number of aromatic nitrogens is 2. The van der Waals surface area contributed by atoms with Crippen molar-refractivity contribution in [2.24, 2.45) is 0 Å². The lowest BCUT2D eigenvalue weighted by Gasteiger charge is -2.33. The van der Waals surface area contributed by atoms with Crippen LogP contribution in [0.3, 0.4) is 0 Å². The van der Waals surface area contributed by atoms with Crippen LogP contribution in [0.4, 0.5) is 20.3 Å². The maximum Gasteiger partial charge on any atom is 0.264 e. The molecule has 2 aliphatic heterocycles. The Hall–Kier alpha value is -2.44. The fraction of sp³-hybridized carbons (Fsp3) is 0.545. The third-order valence-electron chi connectivity index (χ3n) is 6.08. The van der Waals surface area contributed by atoms with Gasteiger partial charge >= 0.3 is 0 Å². The lowest BCUT2D eigenvalue weighted by molar-refractivity contribution is -0.129. The van der Waals surface area contributed by atoms with Gasteiger partial charge in [0.2, 0.25) is 5.91 Å². The molecular weight excluding hydrogens is 374 g/mol. The zero-order chi connectivity index (χ0) is 20.9. The zero-order valence-corrected chi connectivity index (χ0v) is 17.5. The summed E-state index contributed by atoms with van der Waals surface area (Å²) in [5, 5.41) is 4.92. The van der Waals surface area contributed by atoms with Gasteiger partial charge in [0, 0.05) is 55.0 Å². The van der Waals surface area contributed by atoms with Gasteiger partial charge in [0.15, 0.2) is 5.82 Å². The molecule has 2 aromatic rings. The van der Waals surface area contributed by atoms with E-state index in [1.807, 2.05) is 15.6 Å². The number of carbonyl (C=O) groups is 1. The quantitative estimate of drug-likeness (QED) is 0.747. The Balaban J connectivity index is 1.85. The third kappa shape index (κ3) is 3.40. The highest BCUT2D eigenvalue weighted by atomic mass is 19.3. The molecule has 2 aliphatic rings. The van der Waals surface area contributed by atoms with E-state index in [1.165, 1.54) is 0 Å². The molecule has 1 aromatic heterocycles. The molecule has 0 fully saturated rings. The third-order valence-corrected chi connectivity index (χ3v) is 6.08. The molecule has 0 N–H and O–H groups in total. The summed E-state index contributed by atoms with van der Waals surface area (Å²) in [5.74, 6) is 0.859. The number of alkyl halides is 2. The summed E-state index contributed by atoms with van der Waals surface area (Å²) in [7, 11) is 0. The highest BCUT2D eigenvalue weighted by molar-refractivity contribution is 5.75. The molecule has 3 heterocycles. The highest BCUT2D eigenvalue weighted by Crippen LogP contribution is 2.40. The molecule has 0 radical (unpaired) electrons. The number of fused-ring (bicyclic) bond motifs is 2. The van der Waals surface area contributed by atoms with Gasteiger partial charge in [-0.1, -0.05) is 6.07 Å². The van der Waals surface area contributed by atoms with Crippen molar-refractivity contribution in [1.29, 1.82) is 0 Å². The fourth-order valence-corrected chi connectivity index (χ4v) is 4.57. The average Bonchev–Trinajstić information content (AvgIpc) is 3.05. The van der Waals surface area contributed by atoms with E-state index in [4.69, 9.17) is 5.10 Å². The van der Waals surface area contributed by atoms with Crippen LogP contribution in [0, 0.1) is 6.92 Å². The van der Waals surface area contributed by atoms with Crippen LogP contribution in [0.1, 0.15) is 67.6 Å². The Morgan fingerprint density at radius 1 is 1.17 bits per heavy atom. The van der Waals surface area contributed by atoms with E-state index in [0.717, 1.165) is 54.1 Å². The molecule has 0 bridgehead atoms. The van der Waals surface area contributed by atoms with Crippen LogP contribution in [0.15, 0.2) is 12.1 Å². The lowest BCUT2D eigenvalue weighted by Crippen LogP contribution is -2.35. The maximum absolute atomic E-state index is 13.6. The van der Waals surface area contributed by atoms with Gasteiger partial charge < -0.3 is 9.80 Å². The van der Waals surface area contributed by atoms with Crippen LogP contribution in [-0.4, -0.2) is 33.7 Å². The van der Waals surface area contributed by atoms with Gasteiger partial charge in [0.05, 0.1) is 6.54 Å². The number of hydrogen-bond acceptors (Lipinski definition) is 3. The SMILES string of the molecule is CC(=O)N1CCc2c(c(N3CCCc4cc(C)c(C(F)F)cc43)nn2C(C)C)C1. The minimum absolute atomic E-state index is 0.0496. The van der Waals surface area contributed by atoms with Crippen molar-refractivity contribution < 1.29 is 13.6 Å². The first-order chi connectivity index (χ1) is 13.8. The first-order valence-electron chi connectivity index (χ1n) is 10.3. The van der Waals surface area contributed by atoms with Crippen LogP contribution in [0.25, 0.3) is 0 Å². The van der Waals surface area contributed by atoms with E-state index >= 15 is 0 Å². The number of nitrogens with zero attached hydrogens (tertiary/aromatic N) is 4. The number of amides is 1. The second-order valence-electron chi connectivity index (χ2n) is 8.37. The Morgan fingerprint density at radius 2 is 1.93 bits per heavy atom. The molecular formula is C22H28F2N4O. The average molecular weight is 402 g/mol. The molecule has 0 spiro atoms. The Bertz CT molecular complexity index is 951. The zero-order valence-electron chi connectivity index (χ0n) is 17.5. The van der Waals surface area contributed by atoms with Gasteiger partial charge in [-0.15, -0.1) is 0 Å². The monoisotopic (exact) mass is 402 g/mol. The van der Waals surface area contributed by atoms with E-state index in [-0.39, 0.29) is 17.5 Å². The van der Waals surface area contributed by atoms with Gasteiger partial charge in [-0.2, -0.15) is 5.10 Å². The van der Waals surface area contributed by atoms with Gasteiger partial charge in [-0.3, -0.25) is 9.48 Å². The first-order valence-corrected chi connectivity index (χ1v) is 10.3. The summed E-state index contributed by atoms with van der Waals surface area (Å²) in [6.45, 7) is 9.47. The van der Waals surface area contributed by atoms with Gasteiger partial charge in [0.25, 0.3) is 6.43 Å². The van der Waals surface area contributed by atoms with Crippen molar-refractivity contribution in [1.82, 2.24) is 14.7 Å². The molecule has 156 valence electrons. The van der Waals surface area contributed by atoms with Gasteiger partial charge in [-0.05, 0) is 50.8 Å². The van der Waals surface area contributed by atoms with Crippen molar-refractivity contribution in [2.75, 3.05) is 18.0 Å². The summed E-state index contributed by atoms with van der Waals surface area (Å²) in [5.41, 5.74) is 4.84. The summed E-state index contributed by atoms with van der Waals surface area (Å²) in [6.07, 6.45) is 0.0828. The summed E-state index contributed by atoms with van der Waals surface area (Å²) in [6, 6.07) is 3.73. The van der Waals surface area contributed by atoms with Crippen molar-refractivity contribution >= 4 is 17.4 Å². The molecule has 0 unspecified atom stereocenters. The smallest absolute Gasteiger partial charge is 0.264 e. The molecule has 1 aromatic carbocycles. The second-order valence-corrected chi connectivity index (χ2v) is 8.37. The van der Waals surface area contributed by atoms with Crippen molar-refractivity contribution in [3.05, 3.63) is 40.1 Å². The molecule has 4 rings (SSSR count). The predicted octanol–water partition coefficient (Wildman–Crippen LogP) is 4.70. The van der Waals surface area contributed by atoms with Crippen molar-refractivity contribution in [3.8, 4) is 0 Å². The first kappa shape index (κ1) is 19.9. The predicted molar refractivity (Wildman–Crippen MR) is 109 cm³/mol. The van der Waals surface area contributed by atoms with Crippen LogP contribution in [0.5, 0.6) is 0 Å². The summed E-state index contributed by atoms with van der Waals surface area (Å²) in [4.78, 5) is 15.9. The van der Waals surface area contributed by atoms with E-state index in [0.29, 0.717) is 18.7 Å². The minimum Gasteiger partial charge on any atom is -0.338 e. The normalized spacial score (nSPS) is 16.4. The van der Waals surface area contributed by atoms with Crippen molar-refractivity contribution in [2.45, 2.75) is 66.0 Å². The molecule has 29 heavy (non-hydrogen) atoms. The number of anilines is 2. The Kier molecular flexibility index (Phi) is 5.09. The fourth-order valence-electron chi connectivity index (χ4n) is 4.57. The van der Waals surface area contributed by atoms with Crippen LogP contribution in [0.2, 0.25) is 0 Å².